The van der Waals surface area contributed by atoms with Gasteiger partial charge in [0.05, 0.1) is 34.0 Å². The monoisotopic (exact) mass is 153 g/mol. The molecular weight excluding hydrogens is 142 g/mol. The maximum Gasteiger partial charge on any atom is 0.141 e. The summed E-state index contributed by atoms with van der Waals surface area (Å²) in [5, 5.41) is 0. The molecule has 0 amide bonds. The number of nitrogens with two attached hydrogens (primary N) is 1. The number of anilines is 1. The molecule has 58 valence electrons. The SMILES string of the molecule is [2H]c1nc(C2COC2)c([2H])nc1N. The van der Waals surface area contributed by atoms with Crippen molar-refractivity contribution in [1.29, 1.82) is 0 Å². The van der Waals surface area contributed by atoms with Crippen molar-refractivity contribution in [3.63, 3.8) is 0 Å². The number of hydrogen-bond donors (Lipinski definition) is 1. The molecule has 0 radical (unpaired) electrons. The Morgan fingerprint density at radius 1 is 1.55 bits per heavy atom. The summed E-state index contributed by atoms with van der Waals surface area (Å²) in [5.74, 6) is 0.124. The molecule has 1 saturated heterocycles. The highest BCUT2D eigenvalue weighted by Gasteiger charge is 2.21. The second-order valence-corrected chi connectivity index (χ2v) is 2.45. The normalized spacial score (nSPS) is 20.4. The third kappa shape index (κ3) is 1.17. The first-order chi connectivity index (χ1) is 6.18. The molecule has 0 aliphatic carbocycles. The first-order valence-corrected chi connectivity index (χ1v) is 3.37. The van der Waals surface area contributed by atoms with Crippen LogP contribution in [0.25, 0.3) is 0 Å². The van der Waals surface area contributed by atoms with E-state index in [4.69, 9.17) is 13.2 Å². The minimum atomic E-state index is -0.0575. The van der Waals surface area contributed by atoms with E-state index in [1.807, 2.05) is 0 Å². The quantitative estimate of drug-likeness (QED) is 0.624. The summed E-state index contributed by atoms with van der Waals surface area (Å²) in [7, 11) is 0. The molecule has 2 heterocycles. The van der Waals surface area contributed by atoms with Gasteiger partial charge in [-0.25, -0.2) is 4.98 Å². The Labute approximate surface area is 67.2 Å². The van der Waals surface area contributed by atoms with Gasteiger partial charge in [-0.2, -0.15) is 0 Å². The van der Waals surface area contributed by atoms with E-state index in [2.05, 4.69) is 9.97 Å². The number of hydrogen-bond acceptors (Lipinski definition) is 4. The lowest BCUT2D eigenvalue weighted by Crippen LogP contribution is -2.26. The number of nitrogens with zero attached hydrogens (tertiary/aromatic N) is 2. The molecule has 2 N–H and O–H groups in total. The molecule has 0 aromatic carbocycles. The van der Waals surface area contributed by atoms with E-state index in [0.29, 0.717) is 18.9 Å². The van der Waals surface area contributed by atoms with Crippen molar-refractivity contribution < 1.29 is 7.48 Å². The van der Waals surface area contributed by atoms with Gasteiger partial charge in [0.1, 0.15) is 5.82 Å². The minimum Gasteiger partial charge on any atom is -0.382 e. The zero-order valence-electron chi connectivity index (χ0n) is 7.87. The van der Waals surface area contributed by atoms with E-state index in [1.165, 1.54) is 0 Å². The highest BCUT2D eigenvalue weighted by Crippen LogP contribution is 2.20. The maximum atomic E-state index is 7.48. The van der Waals surface area contributed by atoms with Crippen molar-refractivity contribution in [2.24, 2.45) is 0 Å². The molecule has 0 atom stereocenters. The van der Waals surface area contributed by atoms with Crippen LogP contribution in [0.2, 0.25) is 0 Å². The second-order valence-electron chi connectivity index (χ2n) is 2.45. The Kier molecular flexibility index (Phi) is 1.05. The molecule has 2 rings (SSSR count). The summed E-state index contributed by atoms with van der Waals surface area (Å²) in [5.41, 5.74) is 5.86. The smallest absolute Gasteiger partial charge is 0.141 e. The second kappa shape index (κ2) is 2.47. The molecule has 1 aromatic rings. The summed E-state index contributed by atoms with van der Waals surface area (Å²) in [6, 6.07) is 0. The Bertz CT molecular complexity index is 341. The number of nitrogen functional groups attached to an aromatic ring is 1. The van der Waals surface area contributed by atoms with Gasteiger partial charge in [-0.15, -0.1) is 0 Å². The lowest BCUT2D eigenvalue weighted by atomic mass is 10.1. The van der Waals surface area contributed by atoms with Crippen LogP contribution in [0.4, 0.5) is 5.82 Å². The zero-order chi connectivity index (χ0) is 9.42. The van der Waals surface area contributed by atoms with E-state index >= 15 is 0 Å². The van der Waals surface area contributed by atoms with Crippen LogP contribution in [0.3, 0.4) is 0 Å². The first-order valence-electron chi connectivity index (χ1n) is 4.37. The van der Waals surface area contributed by atoms with E-state index in [-0.39, 0.29) is 24.1 Å². The molecule has 4 nitrogen and oxygen atoms in total. The van der Waals surface area contributed by atoms with Gasteiger partial charge in [0, 0.05) is 5.92 Å². The fraction of sp³-hybridized carbons (Fsp3) is 0.429. The summed E-state index contributed by atoms with van der Waals surface area (Å²) >= 11 is 0. The average molecular weight is 153 g/mol. The van der Waals surface area contributed by atoms with Crippen molar-refractivity contribution in [2.45, 2.75) is 5.92 Å². The molecule has 1 aliphatic rings. The summed E-state index contributed by atoms with van der Waals surface area (Å²) in [6.07, 6.45) is -0.000278. The molecule has 1 aromatic heterocycles. The average Bonchev–Trinajstić information content (AvgIpc) is 1.96. The van der Waals surface area contributed by atoms with Crippen LogP contribution in [0.5, 0.6) is 0 Å². The van der Waals surface area contributed by atoms with E-state index in [9.17, 15) is 0 Å². The molecule has 1 fully saturated rings. The fourth-order valence-corrected chi connectivity index (χ4v) is 0.861. The Hall–Kier alpha value is -1.16. The largest absolute Gasteiger partial charge is 0.382 e. The predicted octanol–water partition coefficient (Wildman–Crippen LogP) is 0.173. The van der Waals surface area contributed by atoms with Crippen LogP contribution in [0.1, 0.15) is 14.4 Å². The lowest BCUT2D eigenvalue weighted by molar-refractivity contribution is 0.00657. The van der Waals surface area contributed by atoms with Crippen molar-refractivity contribution >= 4 is 5.82 Å². The maximum absolute atomic E-state index is 7.48. The zero-order valence-corrected chi connectivity index (χ0v) is 5.87. The van der Waals surface area contributed by atoms with Crippen molar-refractivity contribution in [3.05, 3.63) is 18.0 Å². The van der Waals surface area contributed by atoms with Crippen LogP contribution in [0.15, 0.2) is 12.3 Å². The summed E-state index contributed by atoms with van der Waals surface area (Å²) < 4.78 is 19.8. The molecule has 11 heavy (non-hydrogen) atoms. The topological polar surface area (TPSA) is 61.0 Å². The van der Waals surface area contributed by atoms with Crippen LogP contribution in [0, 0.1) is 0 Å². The molecule has 0 unspecified atom stereocenters. The third-order valence-electron chi connectivity index (χ3n) is 1.61. The van der Waals surface area contributed by atoms with Gasteiger partial charge in [-0.05, 0) is 0 Å². The number of ether oxygens (including phenoxy) is 1. The number of aromatic nitrogens is 2. The summed E-state index contributed by atoms with van der Waals surface area (Å²) in [6.45, 7) is 1.12. The molecule has 4 heteroatoms. The predicted molar refractivity (Wildman–Crippen MR) is 40.0 cm³/mol. The van der Waals surface area contributed by atoms with Crippen LogP contribution >= 0.6 is 0 Å². The van der Waals surface area contributed by atoms with Crippen molar-refractivity contribution in [3.8, 4) is 0 Å². The standard InChI is InChI=1S/C7H9N3O/c8-7-2-9-6(1-10-7)5-3-11-4-5/h1-2,5H,3-4H2,(H2,8,10)/i1D,2D. The molecule has 0 bridgehead atoms. The Morgan fingerprint density at radius 3 is 3.00 bits per heavy atom. The first kappa shape index (κ1) is 4.66. The van der Waals surface area contributed by atoms with Gasteiger partial charge in [0.2, 0.25) is 0 Å². The van der Waals surface area contributed by atoms with Gasteiger partial charge >= 0.3 is 0 Å². The van der Waals surface area contributed by atoms with Crippen molar-refractivity contribution in [1.82, 2.24) is 9.97 Å². The third-order valence-corrected chi connectivity index (χ3v) is 1.61. The molecule has 1 aliphatic heterocycles. The summed E-state index contributed by atoms with van der Waals surface area (Å²) in [4.78, 5) is 7.62. The molecule has 0 spiro atoms. The van der Waals surface area contributed by atoms with Gasteiger partial charge in [-0.3, -0.25) is 4.98 Å². The van der Waals surface area contributed by atoms with E-state index in [1.54, 1.807) is 0 Å². The fourth-order valence-electron chi connectivity index (χ4n) is 0.861. The van der Waals surface area contributed by atoms with Gasteiger partial charge in [0.15, 0.2) is 0 Å². The van der Waals surface area contributed by atoms with Crippen LogP contribution in [-0.2, 0) is 4.74 Å². The van der Waals surface area contributed by atoms with Gasteiger partial charge < -0.3 is 10.5 Å². The highest BCUT2D eigenvalue weighted by molar-refractivity contribution is 5.24. The molecule has 0 saturated carbocycles. The van der Waals surface area contributed by atoms with E-state index < -0.39 is 0 Å². The minimum absolute atomic E-state index is 0.00833. The Morgan fingerprint density at radius 2 is 2.36 bits per heavy atom. The lowest BCUT2D eigenvalue weighted by Gasteiger charge is -2.24. The molecular formula is C7H9N3O. The van der Waals surface area contributed by atoms with E-state index in [0.717, 1.165) is 0 Å². The van der Waals surface area contributed by atoms with Gasteiger partial charge in [-0.1, -0.05) is 0 Å². The van der Waals surface area contributed by atoms with Gasteiger partial charge in [0.25, 0.3) is 0 Å². The van der Waals surface area contributed by atoms with Crippen LogP contribution in [-0.4, -0.2) is 23.2 Å². The number of rotatable bonds is 1. The highest BCUT2D eigenvalue weighted by atomic mass is 16.5. The van der Waals surface area contributed by atoms with Crippen molar-refractivity contribution in [2.75, 3.05) is 18.9 Å². The van der Waals surface area contributed by atoms with Crippen LogP contribution < -0.4 is 5.73 Å². The Balaban J connectivity index is 2.39.